The van der Waals surface area contributed by atoms with Gasteiger partial charge in [0, 0.05) is 43.5 Å². The van der Waals surface area contributed by atoms with E-state index in [2.05, 4.69) is 65.5 Å². The van der Waals surface area contributed by atoms with Crippen LogP contribution in [0.4, 0.5) is 0 Å². The van der Waals surface area contributed by atoms with Crippen LogP contribution in [0.3, 0.4) is 0 Å². The van der Waals surface area contributed by atoms with E-state index in [9.17, 15) is 0 Å². The fourth-order valence-corrected chi connectivity index (χ4v) is 3.35. The molecular weight excluding hydrogens is 260 g/mol. The van der Waals surface area contributed by atoms with Crippen molar-refractivity contribution in [3.8, 4) is 0 Å². The number of pyridine rings is 1. The number of rotatable bonds is 3. The van der Waals surface area contributed by atoms with Gasteiger partial charge >= 0.3 is 0 Å². The van der Waals surface area contributed by atoms with E-state index < -0.39 is 0 Å². The Morgan fingerprint density at radius 2 is 2.00 bits per heavy atom. The Kier molecular flexibility index (Phi) is 4.19. The maximum atomic E-state index is 4.45. The molecule has 4 nitrogen and oxygen atoms in total. The van der Waals surface area contributed by atoms with E-state index >= 15 is 0 Å². The Bertz CT molecular complexity index is 607. The Hall–Kier alpha value is -1.49. The van der Waals surface area contributed by atoms with Crippen LogP contribution in [0.25, 0.3) is 10.8 Å². The Labute approximate surface area is 126 Å². The van der Waals surface area contributed by atoms with Crippen molar-refractivity contribution in [1.29, 1.82) is 0 Å². The van der Waals surface area contributed by atoms with Crippen molar-refractivity contribution >= 4 is 10.8 Å². The van der Waals surface area contributed by atoms with Crippen LogP contribution in [0.5, 0.6) is 0 Å². The third kappa shape index (κ3) is 2.79. The lowest BCUT2D eigenvalue weighted by atomic mass is 9.94. The molecule has 3 rings (SSSR count). The number of aromatic nitrogens is 1. The zero-order valence-corrected chi connectivity index (χ0v) is 13.1. The molecule has 2 aromatic rings. The van der Waals surface area contributed by atoms with E-state index in [-0.39, 0.29) is 6.04 Å². The summed E-state index contributed by atoms with van der Waals surface area (Å²) in [5, 5.41) is 6.03. The molecule has 2 atom stereocenters. The van der Waals surface area contributed by atoms with Crippen molar-refractivity contribution < 1.29 is 0 Å². The molecule has 4 heteroatoms. The number of piperazine rings is 1. The minimum absolute atomic E-state index is 0.288. The molecule has 1 aliphatic rings. The number of nitrogens with one attached hydrogen (secondary N) is 1. The zero-order valence-electron chi connectivity index (χ0n) is 13.1. The second kappa shape index (κ2) is 6.10. The van der Waals surface area contributed by atoms with Crippen molar-refractivity contribution in [2.45, 2.75) is 12.1 Å². The molecule has 21 heavy (non-hydrogen) atoms. The Morgan fingerprint density at radius 1 is 1.19 bits per heavy atom. The molecule has 112 valence electrons. The highest BCUT2D eigenvalue weighted by Gasteiger charge is 2.30. The lowest BCUT2D eigenvalue weighted by Gasteiger charge is -2.42. The molecule has 1 saturated heterocycles. The molecule has 2 unspecified atom stereocenters. The molecule has 1 aliphatic heterocycles. The second-order valence-electron chi connectivity index (χ2n) is 6.03. The van der Waals surface area contributed by atoms with E-state index in [0.717, 1.165) is 19.6 Å². The van der Waals surface area contributed by atoms with Gasteiger partial charge < -0.3 is 10.2 Å². The summed E-state index contributed by atoms with van der Waals surface area (Å²) in [6.45, 7) is 3.32. The first-order valence-corrected chi connectivity index (χ1v) is 7.59. The average Bonchev–Trinajstić information content (AvgIpc) is 2.51. The van der Waals surface area contributed by atoms with Gasteiger partial charge in [-0.3, -0.25) is 9.88 Å². The van der Waals surface area contributed by atoms with Gasteiger partial charge in [-0.15, -0.1) is 0 Å². The maximum Gasteiger partial charge on any atom is 0.0509 e. The van der Waals surface area contributed by atoms with Crippen LogP contribution in [0.1, 0.15) is 11.6 Å². The second-order valence-corrected chi connectivity index (χ2v) is 6.03. The highest BCUT2D eigenvalue weighted by Crippen LogP contribution is 2.28. The first-order valence-electron chi connectivity index (χ1n) is 7.59. The Balaban J connectivity index is 2.01. The van der Waals surface area contributed by atoms with Gasteiger partial charge in [-0.05, 0) is 32.1 Å². The van der Waals surface area contributed by atoms with Crippen molar-refractivity contribution in [3.63, 3.8) is 0 Å². The number of hydrogen-bond acceptors (Lipinski definition) is 4. The maximum absolute atomic E-state index is 4.45. The molecule has 1 aromatic carbocycles. The number of likely N-dealkylation sites (N-methyl/N-ethyl adjacent to an activating group) is 3. The van der Waals surface area contributed by atoms with E-state index in [4.69, 9.17) is 0 Å². The van der Waals surface area contributed by atoms with E-state index in [1.54, 1.807) is 0 Å². The molecular formula is C17H24N4. The van der Waals surface area contributed by atoms with Crippen molar-refractivity contribution in [2.75, 3.05) is 40.8 Å². The van der Waals surface area contributed by atoms with E-state index in [1.165, 1.54) is 16.3 Å². The van der Waals surface area contributed by atoms with E-state index in [1.807, 2.05) is 12.4 Å². The number of fused-ring (bicyclic) bond motifs is 1. The third-order valence-electron chi connectivity index (χ3n) is 4.63. The molecule has 0 saturated carbocycles. The normalized spacial score (nSPS) is 22.5. The largest absolute Gasteiger partial charge is 0.312 e. The fourth-order valence-electron chi connectivity index (χ4n) is 3.35. The summed E-state index contributed by atoms with van der Waals surface area (Å²) in [7, 11) is 6.48. The van der Waals surface area contributed by atoms with Gasteiger partial charge in [0.2, 0.25) is 0 Å². The topological polar surface area (TPSA) is 31.4 Å². The highest BCUT2D eigenvalue weighted by atomic mass is 15.3. The van der Waals surface area contributed by atoms with Crippen LogP contribution in [-0.4, -0.2) is 61.6 Å². The van der Waals surface area contributed by atoms with Crippen LogP contribution in [0.15, 0.2) is 36.7 Å². The molecule has 0 aliphatic carbocycles. The SMILES string of the molecule is CNC(c1cncc2ccccc12)C1CN(C)CCN1C. The van der Waals surface area contributed by atoms with Crippen LogP contribution in [0.2, 0.25) is 0 Å². The van der Waals surface area contributed by atoms with Gasteiger partial charge in [0.25, 0.3) is 0 Å². The number of benzene rings is 1. The molecule has 0 spiro atoms. The average molecular weight is 284 g/mol. The number of hydrogen-bond donors (Lipinski definition) is 1. The predicted octanol–water partition coefficient (Wildman–Crippen LogP) is 1.74. The van der Waals surface area contributed by atoms with Crippen LogP contribution >= 0.6 is 0 Å². The van der Waals surface area contributed by atoms with Crippen molar-refractivity contribution in [1.82, 2.24) is 20.1 Å². The molecule has 1 fully saturated rings. The smallest absolute Gasteiger partial charge is 0.0509 e. The lowest BCUT2D eigenvalue weighted by molar-refractivity contribution is 0.0900. The molecule has 1 N–H and O–H groups in total. The minimum atomic E-state index is 0.288. The molecule has 1 aromatic heterocycles. The lowest BCUT2D eigenvalue weighted by Crippen LogP contribution is -2.54. The first kappa shape index (κ1) is 14.4. The summed E-state index contributed by atoms with van der Waals surface area (Å²) in [6.07, 6.45) is 3.97. The van der Waals surface area contributed by atoms with E-state index in [0.29, 0.717) is 6.04 Å². The van der Waals surface area contributed by atoms with Crippen LogP contribution < -0.4 is 5.32 Å². The summed E-state index contributed by atoms with van der Waals surface area (Å²) in [5.74, 6) is 0. The van der Waals surface area contributed by atoms with Gasteiger partial charge in [0.05, 0.1) is 6.04 Å². The quantitative estimate of drug-likeness (QED) is 0.930. The van der Waals surface area contributed by atoms with Crippen LogP contribution in [0, 0.1) is 0 Å². The predicted molar refractivity (Wildman–Crippen MR) is 87.5 cm³/mol. The van der Waals surface area contributed by atoms with Crippen LogP contribution in [-0.2, 0) is 0 Å². The first-order chi connectivity index (χ1) is 10.2. The monoisotopic (exact) mass is 284 g/mol. The number of nitrogens with zero attached hydrogens (tertiary/aromatic N) is 3. The van der Waals surface area contributed by atoms with Gasteiger partial charge in [0.1, 0.15) is 0 Å². The summed E-state index contributed by atoms with van der Waals surface area (Å²) in [4.78, 5) is 9.32. The molecule has 0 amide bonds. The Morgan fingerprint density at radius 3 is 2.81 bits per heavy atom. The zero-order chi connectivity index (χ0) is 14.8. The van der Waals surface area contributed by atoms with Gasteiger partial charge in [0.15, 0.2) is 0 Å². The molecule has 2 heterocycles. The summed E-state index contributed by atoms with van der Waals surface area (Å²) >= 11 is 0. The van der Waals surface area contributed by atoms with Crippen molar-refractivity contribution in [2.24, 2.45) is 0 Å². The third-order valence-corrected chi connectivity index (χ3v) is 4.63. The van der Waals surface area contributed by atoms with Crippen molar-refractivity contribution in [3.05, 3.63) is 42.2 Å². The minimum Gasteiger partial charge on any atom is -0.312 e. The van der Waals surface area contributed by atoms with Gasteiger partial charge in [-0.25, -0.2) is 0 Å². The molecule has 0 bridgehead atoms. The summed E-state index contributed by atoms with van der Waals surface area (Å²) in [6, 6.07) is 9.26. The summed E-state index contributed by atoms with van der Waals surface area (Å²) in [5.41, 5.74) is 1.29. The standard InChI is InChI=1S/C17H24N4/c1-18-17(16-12-20(2)8-9-21(16)3)15-11-19-10-13-6-4-5-7-14(13)15/h4-7,10-11,16-18H,8-9,12H2,1-3H3. The van der Waals surface area contributed by atoms with Gasteiger partial charge in [-0.1, -0.05) is 24.3 Å². The highest BCUT2D eigenvalue weighted by molar-refractivity contribution is 5.85. The fraction of sp³-hybridized carbons (Fsp3) is 0.471. The summed E-state index contributed by atoms with van der Waals surface area (Å²) < 4.78 is 0. The van der Waals surface area contributed by atoms with Gasteiger partial charge in [-0.2, -0.15) is 0 Å². The molecule has 0 radical (unpaired) electrons.